The highest BCUT2D eigenvalue weighted by molar-refractivity contribution is 6.31. The van der Waals surface area contributed by atoms with Crippen LogP contribution in [0.3, 0.4) is 0 Å². The summed E-state index contributed by atoms with van der Waals surface area (Å²) in [4.78, 5) is 0. The molecule has 0 atom stereocenters. The van der Waals surface area contributed by atoms with Crippen molar-refractivity contribution in [1.29, 1.82) is 0 Å². The Labute approximate surface area is 98.4 Å². The molecule has 0 radical (unpaired) electrons. The highest BCUT2D eigenvalue weighted by Crippen LogP contribution is 2.13. The van der Waals surface area contributed by atoms with E-state index in [2.05, 4.69) is 15.6 Å². The average Bonchev–Trinajstić information content (AvgIpc) is 2.77. The zero-order valence-electron chi connectivity index (χ0n) is 9.20. The van der Waals surface area contributed by atoms with Crippen LogP contribution < -0.4 is 5.32 Å². The zero-order valence-corrected chi connectivity index (χ0v) is 9.95. The minimum absolute atomic E-state index is 0.546. The summed E-state index contributed by atoms with van der Waals surface area (Å²) in [6.07, 6.45) is 1.77. The fourth-order valence-electron chi connectivity index (χ4n) is 1.43. The van der Waals surface area contributed by atoms with Crippen molar-refractivity contribution >= 4 is 11.6 Å². The number of nitrogens with zero attached hydrogens (tertiary/aromatic N) is 3. The van der Waals surface area contributed by atoms with Crippen molar-refractivity contribution in [2.75, 3.05) is 7.05 Å². The van der Waals surface area contributed by atoms with E-state index in [-0.39, 0.29) is 0 Å². The second-order valence-corrected chi connectivity index (χ2v) is 3.98. The molecule has 0 aliphatic heterocycles. The molecule has 2 rings (SSSR count). The van der Waals surface area contributed by atoms with Gasteiger partial charge in [0.25, 0.3) is 0 Å². The van der Waals surface area contributed by atoms with Gasteiger partial charge in [-0.15, -0.1) is 0 Å². The van der Waals surface area contributed by atoms with E-state index in [9.17, 15) is 0 Å². The van der Waals surface area contributed by atoms with Crippen LogP contribution in [0.5, 0.6) is 0 Å². The lowest BCUT2D eigenvalue weighted by Crippen LogP contribution is -2.04. The van der Waals surface area contributed by atoms with Gasteiger partial charge in [-0.3, -0.25) is 4.68 Å². The van der Waals surface area contributed by atoms with Gasteiger partial charge in [0, 0.05) is 18.8 Å². The van der Waals surface area contributed by atoms with Gasteiger partial charge in [-0.25, -0.2) is 0 Å². The molecule has 0 spiro atoms. The van der Waals surface area contributed by atoms with E-state index in [0.717, 1.165) is 17.1 Å². The van der Waals surface area contributed by atoms with E-state index in [0.29, 0.717) is 18.1 Å². The topological polar surface area (TPSA) is 55.9 Å². The fraction of sp³-hybridized carbons (Fsp3) is 0.400. The summed E-state index contributed by atoms with van der Waals surface area (Å²) in [5, 5.41) is 11.8. The van der Waals surface area contributed by atoms with Gasteiger partial charge in [-0.05, 0) is 14.0 Å². The van der Waals surface area contributed by atoms with Crippen LogP contribution in [0.1, 0.15) is 17.1 Å². The van der Waals surface area contributed by atoms with Crippen LogP contribution >= 0.6 is 11.6 Å². The Morgan fingerprint density at radius 1 is 1.56 bits per heavy atom. The van der Waals surface area contributed by atoms with E-state index in [1.54, 1.807) is 10.9 Å². The number of rotatable bonds is 4. The van der Waals surface area contributed by atoms with Crippen LogP contribution in [-0.4, -0.2) is 22.0 Å². The molecule has 0 saturated carbocycles. The van der Waals surface area contributed by atoms with Gasteiger partial charge in [-0.1, -0.05) is 16.8 Å². The number of aryl methyl sites for hydroxylation is 1. The molecule has 0 aliphatic rings. The Balaban J connectivity index is 2.08. The van der Waals surface area contributed by atoms with Gasteiger partial charge in [-0.2, -0.15) is 5.10 Å². The molecule has 2 aromatic rings. The third kappa shape index (κ3) is 2.43. The van der Waals surface area contributed by atoms with Crippen molar-refractivity contribution in [2.45, 2.75) is 20.0 Å². The predicted octanol–water partition coefficient (Wildman–Crippen LogP) is 1.60. The molecule has 0 saturated heterocycles. The lowest BCUT2D eigenvalue weighted by molar-refractivity contribution is 0.365. The normalized spacial score (nSPS) is 10.9. The van der Waals surface area contributed by atoms with Crippen LogP contribution in [0.25, 0.3) is 0 Å². The third-order valence-electron chi connectivity index (χ3n) is 2.17. The second kappa shape index (κ2) is 4.67. The monoisotopic (exact) mass is 240 g/mol. The molecular formula is C10H13ClN4O. The fourth-order valence-corrected chi connectivity index (χ4v) is 1.58. The highest BCUT2D eigenvalue weighted by Gasteiger charge is 2.07. The lowest BCUT2D eigenvalue weighted by Gasteiger charge is -1.94. The van der Waals surface area contributed by atoms with E-state index in [1.165, 1.54) is 0 Å². The van der Waals surface area contributed by atoms with Gasteiger partial charge < -0.3 is 9.84 Å². The van der Waals surface area contributed by atoms with Gasteiger partial charge in [0.1, 0.15) is 6.54 Å². The molecule has 0 amide bonds. The van der Waals surface area contributed by atoms with Gasteiger partial charge in [0.05, 0.1) is 16.4 Å². The molecule has 2 heterocycles. The van der Waals surface area contributed by atoms with Crippen molar-refractivity contribution in [3.63, 3.8) is 0 Å². The van der Waals surface area contributed by atoms with Crippen molar-refractivity contribution in [2.24, 2.45) is 0 Å². The Kier molecular flexibility index (Phi) is 3.26. The molecule has 0 aliphatic carbocycles. The van der Waals surface area contributed by atoms with E-state index >= 15 is 0 Å². The summed E-state index contributed by atoms with van der Waals surface area (Å²) < 4.78 is 6.91. The molecule has 0 unspecified atom stereocenters. The number of hydrogen-bond acceptors (Lipinski definition) is 4. The quantitative estimate of drug-likeness (QED) is 0.882. The molecule has 0 bridgehead atoms. The van der Waals surface area contributed by atoms with Crippen molar-refractivity contribution in [3.8, 4) is 0 Å². The lowest BCUT2D eigenvalue weighted by atomic mass is 10.3. The second-order valence-electron chi connectivity index (χ2n) is 3.57. The van der Waals surface area contributed by atoms with Crippen molar-refractivity contribution < 1.29 is 4.52 Å². The average molecular weight is 241 g/mol. The first kappa shape index (κ1) is 11.2. The van der Waals surface area contributed by atoms with Gasteiger partial charge in [0.2, 0.25) is 0 Å². The number of aromatic nitrogens is 3. The first-order valence-electron chi connectivity index (χ1n) is 4.97. The van der Waals surface area contributed by atoms with Gasteiger partial charge in [0.15, 0.2) is 5.76 Å². The molecule has 2 aromatic heterocycles. The minimum Gasteiger partial charge on any atom is -0.359 e. The largest absolute Gasteiger partial charge is 0.359 e. The maximum Gasteiger partial charge on any atom is 0.158 e. The van der Waals surface area contributed by atoms with Crippen LogP contribution in [0.15, 0.2) is 16.8 Å². The van der Waals surface area contributed by atoms with Crippen LogP contribution in [0.4, 0.5) is 0 Å². The number of nitrogens with one attached hydrogen (secondary N) is 1. The van der Waals surface area contributed by atoms with Gasteiger partial charge >= 0.3 is 0 Å². The molecule has 6 heteroatoms. The Morgan fingerprint density at radius 3 is 3.00 bits per heavy atom. The summed E-state index contributed by atoms with van der Waals surface area (Å²) in [6.45, 7) is 3.11. The SMILES string of the molecule is CNCc1cc(Cn2cc(Cl)c(C)n2)on1. The standard InChI is InChI=1S/C10H13ClN4O/c1-7-10(11)6-15(13-7)5-9-3-8(4-12-2)14-16-9/h3,6,12H,4-5H2,1-2H3. The van der Waals surface area contributed by atoms with E-state index < -0.39 is 0 Å². The molecule has 0 aromatic carbocycles. The predicted molar refractivity (Wildman–Crippen MR) is 60.3 cm³/mol. The Morgan fingerprint density at radius 2 is 2.38 bits per heavy atom. The smallest absolute Gasteiger partial charge is 0.158 e. The van der Waals surface area contributed by atoms with E-state index in [1.807, 2.05) is 20.0 Å². The maximum absolute atomic E-state index is 5.91. The molecule has 1 N–H and O–H groups in total. The summed E-state index contributed by atoms with van der Waals surface area (Å²) in [6, 6.07) is 1.90. The minimum atomic E-state index is 0.546. The summed E-state index contributed by atoms with van der Waals surface area (Å²) in [5.74, 6) is 0.768. The maximum atomic E-state index is 5.91. The van der Waals surface area contributed by atoms with Crippen molar-refractivity contribution in [1.82, 2.24) is 20.3 Å². The molecule has 0 fully saturated rings. The Hall–Kier alpha value is -1.33. The summed E-state index contributed by atoms with van der Waals surface area (Å²) in [7, 11) is 1.87. The van der Waals surface area contributed by atoms with Crippen LogP contribution in [0.2, 0.25) is 5.02 Å². The molecule has 5 nitrogen and oxygen atoms in total. The molecule has 86 valence electrons. The van der Waals surface area contributed by atoms with Crippen molar-refractivity contribution in [3.05, 3.63) is 34.4 Å². The Bertz CT molecular complexity index is 457. The first-order chi connectivity index (χ1) is 7.69. The number of halogens is 1. The molecule has 16 heavy (non-hydrogen) atoms. The number of hydrogen-bond donors (Lipinski definition) is 1. The van der Waals surface area contributed by atoms with Crippen LogP contribution in [-0.2, 0) is 13.1 Å². The highest BCUT2D eigenvalue weighted by atomic mass is 35.5. The third-order valence-corrected chi connectivity index (χ3v) is 2.54. The molecular weight excluding hydrogens is 228 g/mol. The van der Waals surface area contributed by atoms with E-state index in [4.69, 9.17) is 16.1 Å². The summed E-state index contributed by atoms with van der Waals surface area (Å²) >= 11 is 5.91. The van der Waals surface area contributed by atoms with Crippen LogP contribution in [0, 0.1) is 6.92 Å². The first-order valence-corrected chi connectivity index (χ1v) is 5.35. The zero-order chi connectivity index (χ0) is 11.5. The summed E-state index contributed by atoms with van der Waals surface area (Å²) in [5.41, 5.74) is 1.70.